The van der Waals surface area contributed by atoms with Crippen LogP contribution in [0.15, 0.2) is 42.7 Å². The molecule has 0 aliphatic rings. The van der Waals surface area contributed by atoms with E-state index in [1.165, 1.54) is 0 Å². The van der Waals surface area contributed by atoms with E-state index in [0.29, 0.717) is 13.1 Å². The largest absolute Gasteiger partial charge is 0.350 e. The zero-order chi connectivity index (χ0) is 15.1. The van der Waals surface area contributed by atoms with Crippen LogP contribution in [0.25, 0.3) is 0 Å². The maximum atomic E-state index is 12.1. The predicted molar refractivity (Wildman–Crippen MR) is 81.2 cm³/mol. The molecule has 108 valence electrons. The molecule has 0 saturated carbocycles. The summed E-state index contributed by atoms with van der Waals surface area (Å²) in [5.41, 5.74) is 7.25. The number of nitrogens with one attached hydrogen (secondary N) is 1. The van der Waals surface area contributed by atoms with Gasteiger partial charge in [0.1, 0.15) is 6.04 Å². The highest BCUT2D eigenvalue weighted by atomic mass is 16.2. The van der Waals surface area contributed by atoms with Crippen LogP contribution in [0.2, 0.25) is 0 Å². The Hall–Kier alpha value is -2.58. The lowest BCUT2D eigenvalue weighted by Gasteiger charge is -2.12. The summed E-state index contributed by atoms with van der Waals surface area (Å²) in [4.78, 5) is 12.1. The average molecular weight is 282 g/mol. The molecule has 5 nitrogen and oxygen atoms in total. The summed E-state index contributed by atoms with van der Waals surface area (Å²) in [6, 6.07) is 9.19. The van der Waals surface area contributed by atoms with Crippen LogP contribution in [0.5, 0.6) is 0 Å². The van der Waals surface area contributed by atoms with Gasteiger partial charge in [-0.3, -0.25) is 9.48 Å². The molecule has 1 unspecified atom stereocenters. The number of carbonyl (C=O) groups excluding carboxylic acids is 1. The summed E-state index contributed by atoms with van der Waals surface area (Å²) in [6.07, 6.45) is 3.43. The zero-order valence-electron chi connectivity index (χ0n) is 11.9. The molecule has 5 heteroatoms. The summed E-state index contributed by atoms with van der Waals surface area (Å²) in [7, 11) is 0. The molecule has 0 aliphatic heterocycles. The van der Waals surface area contributed by atoms with Crippen LogP contribution in [0.1, 0.15) is 24.1 Å². The molecule has 0 radical (unpaired) electrons. The standard InChI is InChI=1S/C16H18N4O/c1-13(20-10-4-9-19-20)16(21)18-12-15-6-2-5-14(11-15)7-3-8-17/h2,4-6,9-11,13H,8,12,17H2,1H3,(H,18,21). The van der Waals surface area contributed by atoms with Crippen molar-refractivity contribution in [2.45, 2.75) is 19.5 Å². The Bertz CT molecular complexity index is 652. The van der Waals surface area contributed by atoms with Crippen molar-refractivity contribution in [2.75, 3.05) is 6.54 Å². The van der Waals surface area contributed by atoms with Crippen LogP contribution < -0.4 is 11.1 Å². The van der Waals surface area contributed by atoms with E-state index >= 15 is 0 Å². The number of carbonyl (C=O) groups is 1. The molecule has 0 fully saturated rings. The SMILES string of the molecule is CC(C(=O)NCc1cccc(C#CCN)c1)n1cccn1. The normalized spacial score (nSPS) is 11.3. The second kappa shape index (κ2) is 7.27. The molecule has 1 heterocycles. The number of hydrogen-bond donors (Lipinski definition) is 2. The number of aromatic nitrogens is 2. The lowest BCUT2D eigenvalue weighted by atomic mass is 10.1. The van der Waals surface area contributed by atoms with Gasteiger partial charge in [-0.1, -0.05) is 24.0 Å². The Kier molecular flexibility index (Phi) is 5.13. The summed E-state index contributed by atoms with van der Waals surface area (Å²) in [5, 5.41) is 6.96. The van der Waals surface area contributed by atoms with Gasteiger partial charge in [0.15, 0.2) is 0 Å². The Morgan fingerprint density at radius 3 is 3.05 bits per heavy atom. The first-order chi connectivity index (χ1) is 10.2. The second-order valence-electron chi connectivity index (χ2n) is 4.59. The van der Waals surface area contributed by atoms with Crippen LogP contribution >= 0.6 is 0 Å². The molecule has 1 aromatic carbocycles. The van der Waals surface area contributed by atoms with Gasteiger partial charge in [-0.15, -0.1) is 0 Å². The van der Waals surface area contributed by atoms with E-state index in [-0.39, 0.29) is 11.9 Å². The van der Waals surface area contributed by atoms with E-state index < -0.39 is 0 Å². The van der Waals surface area contributed by atoms with Crippen molar-refractivity contribution >= 4 is 5.91 Å². The molecule has 3 N–H and O–H groups in total. The zero-order valence-corrected chi connectivity index (χ0v) is 11.9. The number of rotatable bonds is 4. The van der Waals surface area contributed by atoms with Crippen LogP contribution in [0, 0.1) is 11.8 Å². The summed E-state index contributed by atoms with van der Waals surface area (Å²) >= 11 is 0. The Morgan fingerprint density at radius 1 is 1.48 bits per heavy atom. The molecule has 21 heavy (non-hydrogen) atoms. The minimum atomic E-state index is -0.333. The Labute approximate surface area is 124 Å². The Morgan fingerprint density at radius 2 is 2.33 bits per heavy atom. The molecule has 0 bridgehead atoms. The molecule has 0 saturated heterocycles. The fraction of sp³-hybridized carbons (Fsp3) is 0.250. The summed E-state index contributed by atoms with van der Waals surface area (Å²) in [6.45, 7) is 2.61. The average Bonchev–Trinajstić information content (AvgIpc) is 3.04. The first-order valence-corrected chi connectivity index (χ1v) is 6.75. The van der Waals surface area contributed by atoms with Crippen molar-refractivity contribution in [3.63, 3.8) is 0 Å². The molecule has 2 rings (SSSR count). The fourth-order valence-corrected chi connectivity index (χ4v) is 1.88. The smallest absolute Gasteiger partial charge is 0.244 e. The topological polar surface area (TPSA) is 72.9 Å². The van der Waals surface area contributed by atoms with E-state index in [4.69, 9.17) is 5.73 Å². The number of benzene rings is 1. The molecular weight excluding hydrogens is 264 g/mol. The number of amides is 1. The first kappa shape index (κ1) is 14.8. The highest BCUT2D eigenvalue weighted by Crippen LogP contribution is 2.06. The Balaban J connectivity index is 1.95. The number of nitrogens with zero attached hydrogens (tertiary/aromatic N) is 2. The van der Waals surface area contributed by atoms with Gasteiger partial charge in [0, 0.05) is 24.5 Å². The van der Waals surface area contributed by atoms with Crippen molar-refractivity contribution in [1.82, 2.24) is 15.1 Å². The molecule has 0 aliphatic carbocycles. The lowest BCUT2D eigenvalue weighted by Crippen LogP contribution is -2.30. The van der Waals surface area contributed by atoms with Crippen LogP contribution in [-0.4, -0.2) is 22.2 Å². The van der Waals surface area contributed by atoms with Gasteiger partial charge < -0.3 is 11.1 Å². The lowest BCUT2D eigenvalue weighted by molar-refractivity contribution is -0.124. The van der Waals surface area contributed by atoms with Gasteiger partial charge in [0.05, 0.1) is 6.54 Å². The third-order valence-corrected chi connectivity index (χ3v) is 3.03. The van der Waals surface area contributed by atoms with Crippen LogP contribution in [0.4, 0.5) is 0 Å². The second-order valence-corrected chi connectivity index (χ2v) is 4.59. The third kappa shape index (κ3) is 4.20. The maximum absolute atomic E-state index is 12.1. The van der Waals surface area contributed by atoms with Gasteiger partial charge >= 0.3 is 0 Å². The molecule has 2 aromatic rings. The van der Waals surface area contributed by atoms with Gasteiger partial charge in [-0.05, 0) is 30.7 Å². The minimum Gasteiger partial charge on any atom is -0.350 e. The quantitative estimate of drug-likeness (QED) is 0.824. The highest BCUT2D eigenvalue weighted by molar-refractivity contribution is 5.79. The molecule has 1 aromatic heterocycles. The van der Waals surface area contributed by atoms with Crippen LogP contribution in [-0.2, 0) is 11.3 Å². The number of nitrogens with two attached hydrogens (primary N) is 1. The third-order valence-electron chi connectivity index (χ3n) is 3.03. The van der Waals surface area contributed by atoms with Crippen molar-refractivity contribution in [2.24, 2.45) is 5.73 Å². The summed E-state index contributed by atoms with van der Waals surface area (Å²) in [5.74, 6) is 5.72. The van der Waals surface area contributed by atoms with Gasteiger partial charge in [0.2, 0.25) is 5.91 Å². The fourth-order valence-electron chi connectivity index (χ4n) is 1.88. The highest BCUT2D eigenvalue weighted by Gasteiger charge is 2.14. The molecule has 1 atom stereocenters. The van der Waals surface area contributed by atoms with Crippen molar-refractivity contribution in [3.8, 4) is 11.8 Å². The maximum Gasteiger partial charge on any atom is 0.244 e. The predicted octanol–water partition coefficient (Wildman–Crippen LogP) is 1.07. The molecule has 1 amide bonds. The van der Waals surface area contributed by atoms with Crippen LogP contribution in [0.3, 0.4) is 0 Å². The van der Waals surface area contributed by atoms with Crippen molar-refractivity contribution in [3.05, 3.63) is 53.9 Å². The van der Waals surface area contributed by atoms with Gasteiger partial charge in [0.25, 0.3) is 0 Å². The van der Waals surface area contributed by atoms with Crippen molar-refractivity contribution < 1.29 is 4.79 Å². The van der Waals surface area contributed by atoms with E-state index in [9.17, 15) is 4.79 Å². The van der Waals surface area contributed by atoms with Crippen molar-refractivity contribution in [1.29, 1.82) is 0 Å². The first-order valence-electron chi connectivity index (χ1n) is 6.75. The molecule has 0 spiro atoms. The summed E-state index contributed by atoms with van der Waals surface area (Å²) < 4.78 is 1.62. The van der Waals surface area contributed by atoms with Gasteiger partial charge in [-0.2, -0.15) is 5.10 Å². The monoisotopic (exact) mass is 282 g/mol. The molecular formula is C16H18N4O. The van der Waals surface area contributed by atoms with E-state index in [1.54, 1.807) is 23.1 Å². The van der Waals surface area contributed by atoms with E-state index in [1.807, 2.05) is 31.2 Å². The number of hydrogen-bond acceptors (Lipinski definition) is 3. The minimum absolute atomic E-state index is 0.0721. The van der Waals surface area contributed by atoms with Gasteiger partial charge in [-0.25, -0.2) is 0 Å². The van der Waals surface area contributed by atoms with E-state index in [0.717, 1.165) is 11.1 Å². The van der Waals surface area contributed by atoms with E-state index in [2.05, 4.69) is 22.3 Å².